The van der Waals surface area contributed by atoms with Crippen LogP contribution >= 0.6 is 15.9 Å². The van der Waals surface area contributed by atoms with Crippen LogP contribution in [0.1, 0.15) is 5.56 Å². The van der Waals surface area contributed by atoms with E-state index in [1.807, 2.05) is 24.3 Å². The zero-order valence-corrected chi connectivity index (χ0v) is 11.6. The van der Waals surface area contributed by atoms with Gasteiger partial charge in [-0.25, -0.2) is 4.39 Å². The highest BCUT2D eigenvalue weighted by atomic mass is 79.9. The van der Waals surface area contributed by atoms with Crippen LogP contribution in [-0.4, -0.2) is 5.91 Å². The zero-order valence-electron chi connectivity index (χ0n) is 9.99. The van der Waals surface area contributed by atoms with E-state index >= 15 is 0 Å². The number of nitrogens with one attached hydrogen (secondary N) is 1. The highest BCUT2D eigenvalue weighted by Gasteiger charge is 2.08. The second-order valence-corrected chi connectivity index (χ2v) is 5.01. The Balaban J connectivity index is 2.03. The maximum Gasteiger partial charge on any atom is 0.228 e. The maximum atomic E-state index is 13.5. The topological polar surface area (TPSA) is 55.1 Å². The lowest BCUT2D eigenvalue weighted by atomic mass is 10.1. The minimum absolute atomic E-state index is 0.135. The molecule has 0 saturated carbocycles. The van der Waals surface area contributed by atoms with Gasteiger partial charge in [-0.15, -0.1) is 0 Å². The van der Waals surface area contributed by atoms with Crippen LogP contribution in [-0.2, 0) is 11.2 Å². The Morgan fingerprint density at radius 3 is 2.53 bits per heavy atom. The fourth-order valence-electron chi connectivity index (χ4n) is 1.61. The first-order chi connectivity index (χ1) is 9.04. The molecular formula is C14H12BrFN2O. The molecule has 0 aromatic heterocycles. The molecule has 0 aliphatic heterocycles. The average molecular weight is 323 g/mol. The summed E-state index contributed by atoms with van der Waals surface area (Å²) in [6.07, 6.45) is 0.192. The summed E-state index contributed by atoms with van der Waals surface area (Å²) in [7, 11) is 0. The number of carbonyl (C=O) groups excluding carboxylic acids is 1. The van der Waals surface area contributed by atoms with E-state index in [-0.39, 0.29) is 18.0 Å². The Bertz CT molecular complexity index is 599. The van der Waals surface area contributed by atoms with Gasteiger partial charge < -0.3 is 11.1 Å². The first-order valence-electron chi connectivity index (χ1n) is 5.64. The Labute approximate surface area is 118 Å². The van der Waals surface area contributed by atoms with Gasteiger partial charge in [-0.2, -0.15) is 0 Å². The van der Waals surface area contributed by atoms with E-state index in [4.69, 9.17) is 5.73 Å². The summed E-state index contributed by atoms with van der Waals surface area (Å²) in [5.41, 5.74) is 6.75. The fraction of sp³-hybridized carbons (Fsp3) is 0.0714. The molecule has 0 radical (unpaired) electrons. The lowest BCUT2D eigenvalue weighted by molar-refractivity contribution is -0.115. The summed E-state index contributed by atoms with van der Waals surface area (Å²) in [4.78, 5) is 11.8. The van der Waals surface area contributed by atoms with Crippen molar-refractivity contribution >= 4 is 33.2 Å². The third kappa shape index (κ3) is 3.79. The highest BCUT2D eigenvalue weighted by Crippen LogP contribution is 2.17. The number of benzene rings is 2. The quantitative estimate of drug-likeness (QED) is 0.851. The molecule has 1 amide bonds. The van der Waals surface area contributed by atoms with E-state index in [9.17, 15) is 9.18 Å². The Morgan fingerprint density at radius 2 is 1.89 bits per heavy atom. The number of halogens is 2. The summed E-state index contributed by atoms with van der Waals surface area (Å²) < 4.78 is 14.4. The monoisotopic (exact) mass is 322 g/mol. The van der Waals surface area contributed by atoms with Gasteiger partial charge in [-0.1, -0.05) is 28.1 Å². The predicted molar refractivity (Wildman–Crippen MR) is 77.3 cm³/mol. The van der Waals surface area contributed by atoms with Gasteiger partial charge in [0.25, 0.3) is 0 Å². The number of nitrogens with two attached hydrogens (primary N) is 1. The van der Waals surface area contributed by atoms with Crippen LogP contribution in [0.2, 0.25) is 0 Å². The number of nitrogen functional groups attached to an aromatic ring is 1. The van der Waals surface area contributed by atoms with Gasteiger partial charge in [-0.3, -0.25) is 4.79 Å². The molecule has 0 atom stereocenters. The molecule has 2 aromatic carbocycles. The number of hydrogen-bond acceptors (Lipinski definition) is 2. The smallest absolute Gasteiger partial charge is 0.228 e. The van der Waals surface area contributed by atoms with Gasteiger partial charge in [0, 0.05) is 10.2 Å². The summed E-state index contributed by atoms with van der Waals surface area (Å²) in [5, 5.41) is 2.52. The van der Waals surface area contributed by atoms with Crippen LogP contribution in [0, 0.1) is 5.82 Å². The van der Waals surface area contributed by atoms with Crippen molar-refractivity contribution in [3.63, 3.8) is 0 Å². The number of amides is 1. The van der Waals surface area contributed by atoms with Gasteiger partial charge in [-0.05, 0) is 35.9 Å². The molecule has 0 heterocycles. The van der Waals surface area contributed by atoms with Crippen molar-refractivity contribution < 1.29 is 9.18 Å². The molecule has 3 nitrogen and oxygen atoms in total. The van der Waals surface area contributed by atoms with E-state index in [0.717, 1.165) is 10.0 Å². The van der Waals surface area contributed by atoms with Crippen LogP contribution in [0.25, 0.3) is 0 Å². The lowest BCUT2D eigenvalue weighted by Crippen LogP contribution is -2.15. The molecule has 19 heavy (non-hydrogen) atoms. The van der Waals surface area contributed by atoms with Crippen LogP contribution < -0.4 is 11.1 Å². The van der Waals surface area contributed by atoms with Crippen LogP contribution in [0.3, 0.4) is 0 Å². The third-order valence-electron chi connectivity index (χ3n) is 2.55. The van der Waals surface area contributed by atoms with Crippen LogP contribution in [0.15, 0.2) is 46.9 Å². The van der Waals surface area contributed by atoms with Gasteiger partial charge in [0.05, 0.1) is 12.1 Å². The highest BCUT2D eigenvalue weighted by molar-refractivity contribution is 9.10. The molecule has 0 aliphatic carbocycles. The van der Waals surface area contributed by atoms with Crippen molar-refractivity contribution in [3.8, 4) is 0 Å². The van der Waals surface area contributed by atoms with Crippen molar-refractivity contribution in [1.82, 2.24) is 0 Å². The van der Waals surface area contributed by atoms with Crippen molar-refractivity contribution in [2.24, 2.45) is 0 Å². The first kappa shape index (κ1) is 13.5. The third-order valence-corrected chi connectivity index (χ3v) is 3.07. The minimum atomic E-state index is -0.538. The maximum absolute atomic E-state index is 13.5. The van der Waals surface area contributed by atoms with Gasteiger partial charge in [0.2, 0.25) is 5.91 Å². The van der Waals surface area contributed by atoms with E-state index in [0.29, 0.717) is 5.69 Å². The van der Waals surface area contributed by atoms with E-state index < -0.39 is 5.82 Å². The first-order valence-corrected chi connectivity index (χ1v) is 6.43. The fourth-order valence-corrected chi connectivity index (χ4v) is 1.88. The Morgan fingerprint density at radius 1 is 1.21 bits per heavy atom. The summed E-state index contributed by atoms with van der Waals surface area (Å²) in [5.74, 6) is -0.810. The van der Waals surface area contributed by atoms with Gasteiger partial charge >= 0.3 is 0 Å². The SMILES string of the molecule is Nc1ccc(NC(=O)Cc2ccc(Br)cc2)c(F)c1. The molecule has 2 aromatic rings. The summed E-state index contributed by atoms with van der Waals surface area (Å²) in [6, 6.07) is 11.5. The van der Waals surface area contributed by atoms with Crippen molar-refractivity contribution in [3.05, 3.63) is 58.3 Å². The molecule has 0 bridgehead atoms. The molecule has 3 N–H and O–H groups in total. The Kier molecular flexibility index (Phi) is 4.16. The lowest BCUT2D eigenvalue weighted by Gasteiger charge is -2.07. The molecule has 0 spiro atoms. The normalized spacial score (nSPS) is 10.2. The molecule has 0 aliphatic rings. The molecule has 0 unspecified atom stereocenters. The van der Waals surface area contributed by atoms with Crippen molar-refractivity contribution in [2.75, 3.05) is 11.1 Å². The average Bonchev–Trinajstić information content (AvgIpc) is 2.36. The molecule has 0 fully saturated rings. The molecule has 5 heteroatoms. The largest absolute Gasteiger partial charge is 0.399 e. The number of carbonyl (C=O) groups is 1. The van der Waals surface area contributed by atoms with Crippen LogP contribution in [0.5, 0.6) is 0 Å². The Hall–Kier alpha value is -1.88. The second kappa shape index (κ2) is 5.84. The molecular weight excluding hydrogens is 311 g/mol. The standard InChI is InChI=1S/C14H12BrFN2O/c15-10-3-1-9(2-4-10)7-14(19)18-13-6-5-11(17)8-12(13)16/h1-6,8H,7,17H2,(H,18,19). The number of rotatable bonds is 3. The second-order valence-electron chi connectivity index (χ2n) is 4.09. The number of anilines is 2. The molecule has 2 rings (SSSR count). The minimum Gasteiger partial charge on any atom is -0.399 e. The zero-order chi connectivity index (χ0) is 13.8. The van der Waals surface area contributed by atoms with Crippen molar-refractivity contribution in [2.45, 2.75) is 6.42 Å². The summed E-state index contributed by atoms with van der Waals surface area (Å²) >= 11 is 3.32. The number of hydrogen-bond donors (Lipinski definition) is 2. The van der Waals surface area contributed by atoms with Crippen molar-refractivity contribution in [1.29, 1.82) is 0 Å². The van der Waals surface area contributed by atoms with E-state index in [2.05, 4.69) is 21.2 Å². The predicted octanol–water partition coefficient (Wildman–Crippen LogP) is 3.35. The van der Waals surface area contributed by atoms with E-state index in [1.165, 1.54) is 12.1 Å². The molecule has 98 valence electrons. The molecule has 0 saturated heterocycles. The van der Waals surface area contributed by atoms with Gasteiger partial charge in [0.1, 0.15) is 5.82 Å². The van der Waals surface area contributed by atoms with Crippen LogP contribution in [0.4, 0.5) is 15.8 Å². The van der Waals surface area contributed by atoms with Gasteiger partial charge in [0.15, 0.2) is 0 Å². The summed E-state index contributed by atoms with van der Waals surface area (Å²) in [6.45, 7) is 0. The van der Waals surface area contributed by atoms with E-state index in [1.54, 1.807) is 6.07 Å².